The summed E-state index contributed by atoms with van der Waals surface area (Å²) in [5.41, 5.74) is 0.541. The van der Waals surface area contributed by atoms with Gasteiger partial charge in [-0.15, -0.1) is 0 Å². The number of rotatable bonds is 8. The van der Waals surface area contributed by atoms with E-state index in [1.807, 2.05) is 42.2 Å². The number of hydrogen-bond acceptors (Lipinski definition) is 5. The Morgan fingerprint density at radius 2 is 1.97 bits per heavy atom. The van der Waals surface area contributed by atoms with Crippen molar-refractivity contribution in [2.24, 2.45) is 5.41 Å². The SMILES string of the molecule is CCCCC1(CC)CN(c2ccccc2)c2cc(F)c(O/C=C/C(=O)O)cc2S(=O)(=O)C1. The van der Waals surface area contributed by atoms with Crippen molar-refractivity contribution in [2.75, 3.05) is 17.2 Å². The third kappa shape index (κ3) is 5.12. The van der Waals surface area contributed by atoms with Crippen molar-refractivity contribution in [1.82, 2.24) is 0 Å². The zero-order valence-electron chi connectivity index (χ0n) is 18.3. The van der Waals surface area contributed by atoms with Gasteiger partial charge in [0.05, 0.1) is 28.7 Å². The van der Waals surface area contributed by atoms with Crippen LogP contribution in [-0.4, -0.2) is 31.8 Å². The van der Waals surface area contributed by atoms with Crippen LogP contribution in [0.15, 0.2) is 59.7 Å². The summed E-state index contributed by atoms with van der Waals surface area (Å²) in [5, 5.41) is 8.73. The highest BCUT2D eigenvalue weighted by Crippen LogP contribution is 2.45. The Hall–Kier alpha value is -2.87. The van der Waals surface area contributed by atoms with Gasteiger partial charge in [0.2, 0.25) is 0 Å². The molecule has 1 aliphatic heterocycles. The lowest BCUT2D eigenvalue weighted by atomic mass is 9.81. The van der Waals surface area contributed by atoms with Crippen molar-refractivity contribution < 1.29 is 27.4 Å². The summed E-state index contributed by atoms with van der Waals surface area (Å²) in [4.78, 5) is 12.5. The second-order valence-electron chi connectivity index (χ2n) is 8.15. The van der Waals surface area contributed by atoms with Gasteiger partial charge in [-0.1, -0.05) is 44.9 Å². The molecule has 0 aliphatic carbocycles. The fraction of sp³-hybridized carbons (Fsp3) is 0.375. The lowest BCUT2D eigenvalue weighted by molar-refractivity contribution is -0.131. The average molecular weight is 462 g/mol. The van der Waals surface area contributed by atoms with E-state index in [0.717, 1.165) is 43.3 Å². The molecular formula is C24H28FNO5S. The molecule has 0 fully saturated rings. The Morgan fingerprint density at radius 1 is 1.25 bits per heavy atom. The van der Waals surface area contributed by atoms with Crippen LogP contribution in [0.5, 0.6) is 5.75 Å². The van der Waals surface area contributed by atoms with E-state index in [1.54, 1.807) is 0 Å². The molecule has 0 saturated carbocycles. The fourth-order valence-electron chi connectivity index (χ4n) is 4.12. The molecule has 1 atom stereocenters. The van der Waals surface area contributed by atoms with Crippen LogP contribution in [0.1, 0.15) is 39.5 Å². The van der Waals surface area contributed by atoms with Crippen molar-refractivity contribution in [3.63, 3.8) is 0 Å². The summed E-state index contributed by atoms with van der Waals surface area (Å²) in [6, 6.07) is 11.7. The molecule has 172 valence electrons. The molecule has 3 rings (SSSR count). The summed E-state index contributed by atoms with van der Waals surface area (Å²) in [7, 11) is -3.78. The smallest absolute Gasteiger partial charge is 0.331 e. The van der Waals surface area contributed by atoms with Crippen molar-refractivity contribution in [3.05, 3.63) is 60.6 Å². The number of sulfone groups is 1. The molecule has 0 saturated heterocycles. The standard InChI is InChI=1S/C24H28FNO5S/c1-3-5-12-24(4-2)16-26(18-9-7-6-8-10-18)20-14-19(25)21(31-13-11-23(27)28)15-22(20)32(29,30)17-24/h6-11,13-15H,3-5,12,16-17H2,1-2H3,(H,27,28)/b13-11+. The molecule has 1 N–H and O–H groups in total. The van der Waals surface area contributed by atoms with Gasteiger partial charge >= 0.3 is 5.97 Å². The summed E-state index contributed by atoms with van der Waals surface area (Å²) in [5.74, 6) is -2.42. The van der Waals surface area contributed by atoms with Gasteiger partial charge in [-0.2, -0.15) is 0 Å². The van der Waals surface area contributed by atoms with E-state index in [1.165, 1.54) is 0 Å². The van der Waals surface area contributed by atoms with Crippen LogP contribution in [0.2, 0.25) is 0 Å². The van der Waals surface area contributed by atoms with Crippen molar-refractivity contribution >= 4 is 27.2 Å². The number of carboxylic acid groups (broad SMARTS) is 1. The number of carboxylic acids is 1. The first-order valence-corrected chi connectivity index (χ1v) is 12.3. The van der Waals surface area contributed by atoms with E-state index in [4.69, 9.17) is 9.84 Å². The van der Waals surface area contributed by atoms with E-state index >= 15 is 0 Å². The van der Waals surface area contributed by atoms with Gasteiger partial charge in [-0.25, -0.2) is 17.6 Å². The van der Waals surface area contributed by atoms with Gasteiger partial charge < -0.3 is 14.7 Å². The van der Waals surface area contributed by atoms with E-state index in [2.05, 4.69) is 6.92 Å². The van der Waals surface area contributed by atoms with Crippen LogP contribution in [0.4, 0.5) is 15.8 Å². The molecule has 0 bridgehead atoms. The van der Waals surface area contributed by atoms with Crippen LogP contribution >= 0.6 is 0 Å². The molecule has 1 aliphatic rings. The van der Waals surface area contributed by atoms with Gasteiger partial charge in [0.25, 0.3) is 0 Å². The fourth-order valence-corrected chi connectivity index (χ4v) is 6.29. The Morgan fingerprint density at radius 3 is 2.59 bits per heavy atom. The lowest BCUT2D eigenvalue weighted by Crippen LogP contribution is -2.37. The predicted octanol–water partition coefficient (Wildman–Crippen LogP) is 5.31. The number of fused-ring (bicyclic) bond motifs is 1. The van der Waals surface area contributed by atoms with Crippen LogP contribution in [0, 0.1) is 11.2 Å². The van der Waals surface area contributed by atoms with Crippen LogP contribution in [0.25, 0.3) is 0 Å². The number of aliphatic carboxylic acids is 1. The van der Waals surface area contributed by atoms with Crippen molar-refractivity contribution in [3.8, 4) is 5.75 Å². The predicted molar refractivity (Wildman–Crippen MR) is 122 cm³/mol. The van der Waals surface area contributed by atoms with Gasteiger partial charge in [-0.05, 0) is 25.0 Å². The van der Waals surface area contributed by atoms with Crippen LogP contribution < -0.4 is 9.64 Å². The summed E-state index contributed by atoms with van der Waals surface area (Å²) >= 11 is 0. The van der Waals surface area contributed by atoms with Gasteiger partial charge in [-0.3, -0.25) is 0 Å². The quantitative estimate of drug-likeness (QED) is 0.326. The molecule has 0 aromatic heterocycles. The number of ether oxygens (including phenoxy) is 1. The number of benzene rings is 2. The Bertz CT molecular complexity index is 1100. The Labute approximate surface area is 188 Å². The molecule has 1 heterocycles. The number of anilines is 2. The average Bonchev–Trinajstić information content (AvgIpc) is 2.85. The molecule has 1 unspecified atom stereocenters. The maximum absolute atomic E-state index is 14.9. The van der Waals surface area contributed by atoms with E-state index in [9.17, 15) is 17.6 Å². The van der Waals surface area contributed by atoms with Gasteiger partial charge in [0.1, 0.15) is 0 Å². The zero-order chi connectivity index (χ0) is 23.4. The normalized spacial score (nSPS) is 20.0. The maximum atomic E-state index is 14.9. The number of nitrogens with zero attached hydrogens (tertiary/aromatic N) is 1. The molecule has 0 spiro atoms. The third-order valence-electron chi connectivity index (χ3n) is 5.91. The number of para-hydroxylation sites is 1. The molecule has 0 radical (unpaired) electrons. The number of halogens is 1. The monoisotopic (exact) mass is 461 g/mol. The molecule has 0 amide bonds. The molecule has 6 nitrogen and oxygen atoms in total. The van der Waals surface area contributed by atoms with E-state index in [0.29, 0.717) is 19.0 Å². The maximum Gasteiger partial charge on any atom is 0.331 e. The van der Waals surface area contributed by atoms with Crippen LogP contribution in [-0.2, 0) is 14.6 Å². The molecule has 32 heavy (non-hydrogen) atoms. The first kappa shape index (κ1) is 23.8. The van der Waals surface area contributed by atoms with Gasteiger partial charge in [0, 0.05) is 29.8 Å². The zero-order valence-corrected chi connectivity index (χ0v) is 19.1. The second-order valence-corrected chi connectivity index (χ2v) is 10.1. The third-order valence-corrected chi connectivity index (χ3v) is 7.90. The second kappa shape index (κ2) is 9.73. The molecule has 2 aromatic carbocycles. The number of carbonyl (C=O) groups is 1. The largest absolute Gasteiger partial charge is 0.478 e. The minimum atomic E-state index is -3.78. The highest BCUT2D eigenvalue weighted by atomic mass is 32.2. The number of unbranched alkanes of at least 4 members (excludes halogenated alkanes) is 1. The van der Waals surface area contributed by atoms with Gasteiger partial charge in [0.15, 0.2) is 21.4 Å². The first-order chi connectivity index (χ1) is 15.2. The van der Waals surface area contributed by atoms with E-state index in [-0.39, 0.29) is 22.1 Å². The lowest BCUT2D eigenvalue weighted by Gasteiger charge is -2.36. The topological polar surface area (TPSA) is 83.9 Å². The number of hydrogen-bond donors (Lipinski definition) is 1. The Balaban J connectivity index is 2.19. The summed E-state index contributed by atoms with van der Waals surface area (Å²) < 4.78 is 47.1. The van der Waals surface area contributed by atoms with Crippen molar-refractivity contribution in [2.45, 2.75) is 44.4 Å². The highest BCUT2D eigenvalue weighted by Gasteiger charge is 2.42. The summed E-state index contributed by atoms with van der Waals surface area (Å²) in [6.07, 6.45) is 4.78. The first-order valence-electron chi connectivity index (χ1n) is 10.7. The Kier molecular flexibility index (Phi) is 7.23. The highest BCUT2D eigenvalue weighted by molar-refractivity contribution is 7.91. The van der Waals surface area contributed by atoms with Crippen LogP contribution in [0.3, 0.4) is 0 Å². The minimum Gasteiger partial charge on any atom is -0.478 e. The molecular weight excluding hydrogens is 433 g/mol. The molecule has 2 aromatic rings. The van der Waals surface area contributed by atoms with Crippen molar-refractivity contribution in [1.29, 1.82) is 0 Å². The molecule has 8 heteroatoms. The minimum absolute atomic E-state index is 0.0201. The van der Waals surface area contributed by atoms with E-state index < -0.39 is 27.0 Å². The summed E-state index contributed by atoms with van der Waals surface area (Å²) in [6.45, 7) is 4.51.